The van der Waals surface area contributed by atoms with Crippen molar-refractivity contribution in [2.24, 2.45) is 0 Å². The molecular formula is C18H25NO3. The molecule has 0 radical (unpaired) electrons. The molecule has 0 aromatic heterocycles. The van der Waals surface area contributed by atoms with Gasteiger partial charge in [0.1, 0.15) is 0 Å². The van der Waals surface area contributed by atoms with Crippen LogP contribution in [0.4, 0.5) is 0 Å². The first-order valence-electron chi connectivity index (χ1n) is 8.22. The third-order valence-electron chi connectivity index (χ3n) is 4.24. The van der Waals surface area contributed by atoms with Gasteiger partial charge in [0.15, 0.2) is 5.78 Å². The largest absolute Gasteiger partial charge is 0.480 e. The van der Waals surface area contributed by atoms with Crippen molar-refractivity contribution in [1.29, 1.82) is 0 Å². The summed E-state index contributed by atoms with van der Waals surface area (Å²) in [7, 11) is 0. The van der Waals surface area contributed by atoms with Gasteiger partial charge in [-0.25, -0.2) is 0 Å². The molecule has 0 bridgehead atoms. The maximum atomic E-state index is 11.9. The predicted molar refractivity (Wildman–Crippen MR) is 86.3 cm³/mol. The molecule has 0 amide bonds. The van der Waals surface area contributed by atoms with Crippen molar-refractivity contribution in [3.05, 3.63) is 34.4 Å². The molecule has 2 N–H and O–H groups in total. The number of Topliss-reactive ketones (excluding diaryl/α,β-unsaturated/α-hetero) is 1. The van der Waals surface area contributed by atoms with Crippen molar-refractivity contribution in [2.75, 3.05) is 6.54 Å². The molecule has 0 spiro atoms. The first kappa shape index (κ1) is 16.7. The van der Waals surface area contributed by atoms with E-state index in [-0.39, 0.29) is 12.3 Å². The van der Waals surface area contributed by atoms with Crippen LogP contribution in [0.1, 0.15) is 66.1 Å². The fraction of sp³-hybridized carbons (Fsp3) is 0.556. The van der Waals surface area contributed by atoms with E-state index in [1.807, 2.05) is 6.07 Å². The van der Waals surface area contributed by atoms with Crippen LogP contribution in [0.25, 0.3) is 0 Å². The van der Waals surface area contributed by atoms with Crippen molar-refractivity contribution in [3.63, 3.8) is 0 Å². The summed E-state index contributed by atoms with van der Waals surface area (Å²) in [5.41, 5.74) is 4.34. The molecule has 0 heterocycles. The fourth-order valence-corrected chi connectivity index (χ4v) is 3.03. The molecule has 2 rings (SSSR count). The van der Waals surface area contributed by atoms with Crippen LogP contribution in [0.5, 0.6) is 0 Å². The minimum absolute atomic E-state index is 0.0553. The van der Waals surface area contributed by atoms with Crippen LogP contribution < -0.4 is 5.32 Å². The van der Waals surface area contributed by atoms with E-state index in [1.165, 1.54) is 24.8 Å². The van der Waals surface area contributed by atoms with Crippen LogP contribution in [-0.4, -0.2) is 23.4 Å². The molecule has 1 aliphatic carbocycles. The second kappa shape index (κ2) is 8.08. The third kappa shape index (κ3) is 4.41. The van der Waals surface area contributed by atoms with Gasteiger partial charge in [0.25, 0.3) is 0 Å². The van der Waals surface area contributed by atoms with Gasteiger partial charge >= 0.3 is 5.97 Å². The lowest BCUT2D eigenvalue weighted by Crippen LogP contribution is -2.22. The van der Waals surface area contributed by atoms with Crippen molar-refractivity contribution in [1.82, 2.24) is 5.32 Å². The molecule has 0 saturated carbocycles. The zero-order chi connectivity index (χ0) is 15.9. The quantitative estimate of drug-likeness (QED) is 0.688. The molecule has 22 heavy (non-hydrogen) atoms. The molecule has 1 aromatic rings. The van der Waals surface area contributed by atoms with Gasteiger partial charge < -0.3 is 10.4 Å². The molecular weight excluding hydrogens is 278 g/mol. The Hall–Kier alpha value is -1.68. The number of hydrogen-bond donors (Lipinski definition) is 2. The number of aryl methyl sites for hydroxylation is 2. The average Bonchev–Trinajstić information content (AvgIpc) is 2.84. The van der Waals surface area contributed by atoms with Crippen LogP contribution in [-0.2, 0) is 24.2 Å². The number of ketones is 1. The number of carbonyl (C=O) groups excluding carboxylic acids is 1. The van der Waals surface area contributed by atoms with Gasteiger partial charge in [-0.3, -0.25) is 9.59 Å². The zero-order valence-corrected chi connectivity index (χ0v) is 13.3. The van der Waals surface area contributed by atoms with E-state index in [4.69, 9.17) is 5.11 Å². The Morgan fingerprint density at radius 1 is 1.18 bits per heavy atom. The van der Waals surface area contributed by atoms with Crippen molar-refractivity contribution < 1.29 is 14.7 Å². The standard InChI is InChI=1S/C18H25NO3/c1-2-3-4-5-6-13-9-14-7-8-17(20)16(14)10-15(13)11-19-12-18(21)22/h9-10,19H,2-8,11-12H2,1H3,(H,21,22). The van der Waals surface area contributed by atoms with Crippen LogP contribution in [0, 0.1) is 0 Å². The molecule has 4 nitrogen and oxygen atoms in total. The van der Waals surface area contributed by atoms with Gasteiger partial charge in [0.05, 0.1) is 6.54 Å². The maximum absolute atomic E-state index is 11.9. The molecule has 0 unspecified atom stereocenters. The Morgan fingerprint density at radius 3 is 2.73 bits per heavy atom. The van der Waals surface area contributed by atoms with E-state index in [0.717, 1.165) is 36.0 Å². The Morgan fingerprint density at radius 2 is 2.00 bits per heavy atom. The van der Waals surface area contributed by atoms with Gasteiger partial charge in [-0.15, -0.1) is 0 Å². The molecule has 4 heteroatoms. The van der Waals surface area contributed by atoms with Gasteiger partial charge in [-0.2, -0.15) is 0 Å². The summed E-state index contributed by atoms with van der Waals surface area (Å²) in [6.45, 7) is 2.65. The topological polar surface area (TPSA) is 66.4 Å². The number of fused-ring (bicyclic) bond motifs is 1. The van der Waals surface area contributed by atoms with Gasteiger partial charge in [-0.1, -0.05) is 32.3 Å². The van der Waals surface area contributed by atoms with E-state index < -0.39 is 5.97 Å². The lowest BCUT2D eigenvalue weighted by molar-refractivity contribution is -0.136. The smallest absolute Gasteiger partial charge is 0.317 e. The Balaban J connectivity index is 2.10. The summed E-state index contributed by atoms with van der Waals surface area (Å²) in [4.78, 5) is 22.5. The normalized spacial score (nSPS) is 13.4. The number of rotatable bonds is 9. The summed E-state index contributed by atoms with van der Waals surface area (Å²) >= 11 is 0. The lowest BCUT2D eigenvalue weighted by Gasteiger charge is -2.13. The summed E-state index contributed by atoms with van der Waals surface area (Å²) in [5, 5.41) is 11.7. The summed E-state index contributed by atoms with van der Waals surface area (Å²) < 4.78 is 0. The summed E-state index contributed by atoms with van der Waals surface area (Å²) in [6.07, 6.45) is 7.28. The summed E-state index contributed by atoms with van der Waals surface area (Å²) in [5.74, 6) is -0.645. The lowest BCUT2D eigenvalue weighted by atomic mass is 9.95. The average molecular weight is 303 g/mol. The van der Waals surface area contributed by atoms with Crippen LogP contribution in [0.2, 0.25) is 0 Å². The molecule has 120 valence electrons. The highest BCUT2D eigenvalue weighted by atomic mass is 16.4. The number of unbranched alkanes of at least 4 members (excludes halogenated alkanes) is 3. The number of carboxylic acids is 1. The maximum Gasteiger partial charge on any atom is 0.317 e. The SMILES string of the molecule is CCCCCCc1cc2c(cc1CNCC(=O)O)C(=O)CC2. The molecule has 0 atom stereocenters. The number of hydrogen-bond acceptors (Lipinski definition) is 3. The second-order valence-electron chi connectivity index (χ2n) is 6.01. The Bertz CT molecular complexity index is 552. The van der Waals surface area contributed by atoms with E-state index in [0.29, 0.717) is 13.0 Å². The first-order chi connectivity index (χ1) is 10.6. The molecule has 1 aromatic carbocycles. The first-order valence-corrected chi connectivity index (χ1v) is 8.22. The molecule has 1 aliphatic rings. The molecule has 0 aliphatic heterocycles. The summed E-state index contributed by atoms with van der Waals surface area (Å²) in [6, 6.07) is 4.15. The predicted octanol–water partition coefficient (Wildman–Crippen LogP) is 3.11. The fourth-order valence-electron chi connectivity index (χ4n) is 3.03. The highest BCUT2D eigenvalue weighted by Gasteiger charge is 2.21. The van der Waals surface area contributed by atoms with E-state index in [2.05, 4.69) is 18.3 Å². The highest BCUT2D eigenvalue weighted by molar-refractivity contribution is 6.00. The number of carboxylic acid groups (broad SMARTS) is 1. The van der Waals surface area contributed by atoms with Crippen molar-refractivity contribution in [2.45, 2.75) is 58.4 Å². The monoisotopic (exact) mass is 303 g/mol. The van der Waals surface area contributed by atoms with Crippen LogP contribution in [0.15, 0.2) is 12.1 Å². The third-order valence-corrected chi connectivity index (χ3v) is 4.24. The number of nitrogens with one attached hydrogen (secondary N) is 1. The molecule has 0 saturated heterocycles. The minimum Gasteiger partial charge on any atom is -0.480 e. The second-order valence-corrected chi connectivity index (χ2v) is 6.01. The Kier molecular flexibility index (Phi) is 6.13. The number of aliphatic carboxylic acids is 1. The van der Waals surface area contributed by atoms with Crippen molar-refractivity contribution >= 4 is 11.8 Å². The van der Waals surface area contributed by atoms with Gasteiger partial charge in [0, 0.05) is 18.5 Å². The van der Waals surface area contributed by atoms with E-state index in [1.54, 1.807) is 0 Å². The number of benzene rings is 1. The van der Waals surface area contributed by atoms with Gasteiger partial charge in [-0.05, 0) is 42.0 Å². The van der Waals surface area contributed by atoms with Crippen LogP contribution >= 0.6 is 0 Å². The van der Waals surface area contributed by atoms with Crippen LogP contribution in [0.3, 0.4) is 0 Å². The van der Waals surface area contributed by atoms with Gasteiger partial charge in [0.2, 0.25) is 0 Å². The Labute approximate surface area is 131 Å². The highest BCUT2D eigenvalue weighted by Crippen LogP contribution is 2.27. The van der Waals surface area contributed by atoms with Crippen molar-refractivity contribution in [3.8, 4) is 0 Å². The number of carbonyl (C=O) groups is 2. The van der Waals surface area contributed by atoms with E-state index >= 15 is 0 Å². The zero-order valence-electron chi connectivity index (χ0n) is 13.3. The molecule has 0 fully saturated rings. The minimum atomic E-state index is -0.860. The van der Waals surface area contributed by atoms with E-state index in [9.17, 15) is 9.59 Å².